The van der Waals surface area contributed by atoms with Crippen molar-refractivity contribution in [1.82, 2.24) is 0 Å². The minimum absolute atomic E-state index is 0.100. The number of rotatable bonds is 4. The van der Waals surface area contributed by atoms with Crippen molar-refractivity contribution in [3.63, 3.8) is 0 Å². The molecule has 1 aromatic carbocycles. The van der Waals surface area contributed by atoms with E-state index in [0.29, 0.717) is 12.3 Å². The number of anilines is 1. The number of hydrogen-bond acceptors (Lipinski definition) is 2. The Bertz CT molecular complexity index is 476. The van der Waals surface area contributed by atoms with Gasteiger partial charge in [-0.05, 0) is 37.5 Å². The van der Waals surface area contributed by atoms with Gasteiger partial charge < -0.3 is 10.1 Å². The second kappa shape index (κ2) is 6.88. The van der Waals surface area contributed by atoms with E-state index in [1.165, 1.54) is 6.07 Å². The fourth-order valence-corrected chi connectivity index (χ4v) is 2.80. The van der Waals surface area contributed by atoms with Crippen molar-refractivity contribution < 1.29 is 17.9 Å². The van der Waals surface area contributed by atoms with E-state index >= 15 is 0 Å². The van der Waals surface area contributed by atoms with Crippen LogP contribution >= 0.6 is 11.6 Å². The van der Waals surface area contributed by atoms with Crippen LogP contribution in [0.5, 0.6) is 0 Å². The largest absolute Gasteiger partial charge is 0.416 e. The third-order valence-corrected chi connectivity index (χ3v) is 3.95. The van der Waals surface area contributed by atoms with Crippen LogP contribution in [0, 0.1) is 0 Å². The van der Waals surface area contributed by atoms with Gasteiger partial charge in [0, 0.05) is 12.6 Å². The van der Waals surface area contributed by atoms with Gasteiger partial charge in [-0.15, -0.1) is 0 Å². The smallest absolute Gasteiger partial charge is 0.381 e. The summed E-state index contributed by atoms with van der Waals surface area (Å²) in [5.74, 6) is 0. The standard InChI is InChI=1S/C15H19ClF3NO/c1-2-3-12-9-11(6-7-21-12)20-14-5-4-10(8-13(14)16)15(17,18)19/h4-5,8,11-12,20H,2-3,6-7,9H2,1H3. The predicted molar refractivity (Wildman–Crippen MR) is 77.7 cm³/mol. The first-order chi connectivity index (χ1) is 9.90. The Morgan fingerprint density at radius 2 is 2.14 bits per heavy atom. The SMILES string of the molecule is CCCC1CC(Nc2ccc(C(F)(F)F)cc2Cl)CCO1. The molecule has 1 saturated heterocycles. The van der Waals surface area contributed by atoms with Gasteiger partial charge in [0.15, 0.2) is 0 Å². The fraction of sp³-hybridized carbons (Fsp3) is 0.600. The number of halogens is 4. The Labute approximate surface area is 127 Å². The normalized spacial score (nSPS) is 23.1. The molecule has 1 fully saturated rings. The summed E-state index contributed by atoms with van der Waals surface area (Å²) < 4.78 is 43.5. The molecule has 0 aromatic heterocycles. The third-order valence-electron chi connectivity index (χ3n) is 3.63. The van der Waals surface area contributed by atoms with Gasteiger partial charge in [0.05, 0.1) is 22.4 Å². The van der Waals surface area contributed by atoms with E-state index in [4.69, 9.17) is 16.3 Å². The van der Waals surface area contributed by atoms with Crippen LogP contribution in [0.2, 0.25) is 5.02 Å². The monoisotopic (exact) mass is 321 g/mol. The topological polar surface area (TPSA) is 21.3 Å². The van der Waals surface area contributed by atoms with Crippen molar-refractivity contribution in [2.45, 2.75) is 50.9 Å². The first kappa shape index (κ1) is 16.4. The summed E-state index contributed by atoms with van der Waals surface area (Å²) in [4.78, 5) is 0. The van der Waals surface area contributed by atoms with Gasteiger partial charge in [0.25, 0.3) is 0 Å². The molecule has 1 N–H and O–H groups in total. The number of ether oxygens (including phenoxy) is 1. The molecule has 1 aromatic rings. The maximum atomic E-state index is 12.6. The zero-order valence-corrected chi connectivity index (χ0v) is 12.6. The van der Waals surface area contributed by atoms with Gasteiger partial charge in [0.2, 0.25) is 0 Å². The molecule has 1 heterocycles. The predicted octanol–water partition coefficient (Wildman–Crippen LogP) is 5.12. The molecule has 6 heteroatoms. The summed E-state index contributed by atoms with van der Waals surface area (Å²) in [5, 5.41) is 3.34. The highest BCUT2D eigenvalue weighted by Gasteiger charge is 2.31. The molecule has 0 amide bonds. The van der Waals surface area contributed by atoms with Gasteiger partial charge in [-0.3, -0.25) is 0 Å². The van der Waals surface area contributed by atoms with Crippen molar-refractivity contribution in [1.29, 1.82) is 0 Å². The number of benzene rings is 1. The van der Waals surface area contributed by atoms with Gasteiger partial charge in [-0.25, -0.2) is 0 Å². The molecule has 0 saturated carbocycles. The van der Waals surface area contributed by atoms with E-state index in [2.05, 4.69) is 12.2 Å². The van der Waals surface area contributed by atoms with E-state index in [1.54, 1.807) is 0 Å². The van der Waals surface area contributed by atoms with Crippen molar-refractivity contribution in [3.05, 3.63) is 28.8 Å². The lowest BCUT2D eigenvalue weighted by Gasteiger charge is -2.31. The van der Waals surface area contributed by atoms with E-state index in [0.717, 1.165) is 37.8 Å². The first-order valence-electron chi connectivity index (χ1n) is 7.15. The Balaban J connectivity index is 2.02. The van der Waals surface area contributed by atoms with E-state index in [-0.39, 0.29) is 17.2 Å². The van der Waals surface area contributed by atoms with Crippen molar-refractivity contribution in [2.75, 3.05) is 11.9 Å². The minimum Gasteiger partial charge on any atom is -0.381 e. The zero-order valence-electron chi connectivity index (χ0n) is 11.8. The third kappa shape index (κ3) is 4.51. The van der Waals surface area contributed by atoms with E-state index < -0.39 is 11.7 Å². The zero-order chi connectivity index (χ0) is 15.5. The molecule has 0 spiro atoms. The molecule has 2 nitrogen and oxygen atoms in total. The van der Waals surface area contributed by atoms with Gasteiger partial charge in [0.1, 0.15) is 0 Å². The number of nitrogens with one attached hydrogen (secondary N) is 1. The van der Waals surface area contributed by atoms with Gasteiger partial charge in [-0.1, -0.05) is 24.9 Å². The average molecular weight is 322 g/mol. The summed E-state index contributed by atoms with van der Waals surface area (Å²) in [6.07, 6.45) is -0.415. The van der Waals surface area contributed by atoms with Crippen LogP contribution in [0.15, 0.2) is 18.2 Å². The average Bonchev–Trinajstić information content (AvgIpc) is 2.41. The molecule has 1 aliphatic rings. The maximum Gasteiger partial charge on any atom is 0.416 e. The summed E-state index contributed by atoms with van der Waals surface area (Å²) in [6, 6.07) is 3.60. The quantitative estimate of drug-likeness (QED) is 0.831. The Morgan fingerprint density at radius 1 is 1.38 bits per heavy atom. The molecular formula is C15H19ClF3NO. The highest BCUT2D eigenvalue weighted by Crippen LogP contribution is 2.34. The minimum atomic E-state index is -4.37. The Hall–Kier alpha value is -0.940. The summed E-state index contributed by atoms with van der Waals surface area (Å²) >= 11 is 5.96. The molecule has 2 rings (SSSR count). The number of alkyl halides is 3. The second-order valence-corrected chi connectivity index (χ2v) is 5.75. The molecule has 2 unspecified atom stereocenters. The van der Waals surface area contributed by atoms with E-state index in [9.17, 15) is 13.2 Å². The highest BCUT2D eigenvalue weighted by atomic mass is 35.5. The van der Waals surface area contributed by atoms with Crippen LogP contribution in [-0.2, 0) is 10.9 Å². The highest BCUT2D eigenvalue weighted by molar-refractivity contribution is 6.33. The Kier molecular flexibility index (Phi) is 5.38. The Morgan fingerprint density at radius 3 is 2.76 bits per heavy atom. The first-order valence-corrected chi connectivity index (χ1v) is 7.53. The van der Waals surface area contributed by atoms with Crippen molar-refractivity contribution in [2.24, 2.45) is 0 Å². The van der Waals surface area contributed by atoms with Crippen LogP contribution in [0.4, 0.5) is 18.9 Å². The van der Waals surface area contributed by atoms with E-state index in [1.807, 2.05) is 0 Å². The molecular weight excluding hydrogens is 303 g/mol. The summed E-state index contributed by atoms with van der Waals surface area (Å²) in [5.41, 5.74) is -0.180. The summed E-state index contributed by atoms with van der Waals surface area (Å²) in [6.45, 7) is 2.77. The van der Waals surface area contributed by atoms with Crippen molar-refractivity contribution in [3.8, 4) is 0 Å². The summed E-state index contributed by atoms with van der Waals surface area (Å²) in [7, 11) is 0. The fourth-order valence-electron chi connectivity index (χ4n) is 2.56. The van der Waals surface area contributed by atoms with Crippen LogP contribution in [0.1, 0.15) is 38.2 Å². The van der Waals surface area contributed by atoms with Crippen LogP contribution in [-0.4, -0.2) is 18.8 Å². The molecule has 21 heavy (non-hydrogen) atoms. The van der Waals surface area contributed by atoms with Crippen LogP contribution in [0.3, 0.4) is 0 Å². The molecule has 0 radical (unpaired) electrons. The maximum absolute atomic E-state index is 12.6. The molecule has 0 bridgehead atoms. The van der Waals surface area contributed by atoms with Gasteiger partial charge >= 0.3 is 6.18 Å². The molecule has 2 atom stereocenters. The number of hydrogen-bond donors (Lipinski definition) is 1. The van der Waals surface area contributed by atoms with Gasteiger partial charge in [-0.2, -0.15) is 13.2 Å². The second-order valence-electron chi connectivity index (χ2n) is 5.34. The molecule has 0 aliphatic carbocycles. The lowest BCUT2D eigenvalue weighted by Crippen LogP contribution is -2.34. The lowest BCUT2D eigenvalue weighted by atomic mass is 10.00. The molecule has 118 valence electrons. The van der Waals surface area contributed by atoms with Crippen molar-refractivity contribution >= 4 is 17.3 Å². The molecule has 1 aliphatic heterocycles. The van der Waals surface area contributed by atoms with Crippen LogP contribution < -0.4 is 5.32 Å². The lowest BCUT2D eigenvalue weighted by molar-refractivity contribution is -0.137. The van der Waals surface area contributed by atoms with Crippen LogP contribution in [0.25, 0.3) is 0 Å².